The first-order valence-electron chi connectivity index (χ1n) is 6.61. The maximum absolute atomic E-state index is 12.4. The van der Waals surface area contributed by atoms with Crippen LogP contribution in [-0.4, -0.2) is 31.2 Å². The van der Waals surface area contributed by atoms with Crippen molar-refractivity contribution >= 4 is 29.0 Å². The number of carbonyl (C=O) groups is 1. The minimum Gasteiger partial charge on any atom is -0.383 e. The van der Waals surface area contributed by atoms with Gasteiger partial charge in [0.05, 0.1) is 29.4 Å². The van der Waals surface area contributed by atoms with Crippen LogP contribution in [0.15, 0.2) is 41.2 Å². The van der Waals surface area contributed by atoms with Crippen LogP contribution in [0, 0.1) is 11.3 Å². The number of amides is 1. The van der Waals surface area contributed by atoms with Crippen molar-refractivity contribution in [1.29, 1.82) is 5.26 Å². The van der Waals surface area contributed by atoms with Gasteiger partial charge < -0.3 is 9.64 Å². The number of hydrogen-bond acceptors (Lipinski definition) is 5. The van der Waals surface area contributed by atoms with Gasteiger partial charge in [0.2, 0.25) is 0 Å². The third-order valence-corrected chi connectivity index (χ3v) is 3.55. The second kappa shape index (κ2) is 8.08. The van der Waals surface area contributed by atoms with Crippen LogP contribution in [0.3, 0.4) is 0 Å². The van der Waals surface area contributed by atoms with E-state index in [9.17, 15) is 4.79 Å². The number of benzene rings is 1. The number of ether oxygens (including phenoxy) is 1. The van der Waals surface area contributed by atoms with Crippen LogP contribution < -0.4 is 4.90 Å². The van der Waals surface area contributed by atoms with Crippen LogP contribution >= 0.6 is 11.3 Å². The molecule has 6 heteroatoms. The van der Waals surface area contributed by atoms with Gasteiger partial charge in [-0.3, -0.25) is 4.79 Å². The van der Waals surface area contributed by atoms with E-state index in [1.165, 1.54) is 17.4 Å². The highest BCUT2D eigenvalue weighted by Gasteiger charge is 2.13. The van der Waals surface area contributed by atoms with Gasteiger partial charge in [0.15, 0.2) is 0 Å². The molecule has 0 atom stereocenters. The van der Waals surface area contributed by atoms with Gasteiger partial charge in [0.25, 0.3) is 5.91 Å². The Hall–Kier alpha value is -2.49. The first kappa shape index (κ1) is 15.9. The van der Waals surface area contributed by atoms with Gasteiger partial charge in [-0.15, -0.1) is 11.3 Å². The Morgan fingerprint density at radius 1 is 1.45 bits per heavy atom. The molecule has 0 bridgehead atoms. The molecule has 0 unspecified atom stereocenters. The summed E-state index contributed by atoms with van der Waals surface area (Å²) in [5.74, 6) is -0.158. The zero-order valence-corrected chi connectivity index (χ0v) is 12.9. The summed E-state index contributed by atoms with van der Waals surface area (Å²) in [5, 5.41) is 10.7. The molecule has 0 saturated carbocycles. The van der Waals surface area contributed by atoms with Crippen molar-refractivity contribution in [2.45, 2.75) is 0 Å². The van der Waals surface area contributed by atoms with Crippen molar-refractivity contribution in [3.63, 3.8) is 0 Å². The summed E-state index contributed by atoms with van der Waals surface area (Å²) in [7, 11) is 1.59. The van der Waals surface area contributed by atoms with Crippen LogP contribution in [0.5, 0.6) is 0 Å². The largest absolute Gasteiger partial charge is 0.383 e. The van der Waals surface area contributed by atoms with Crippen LogP contribution in [0.25, 0.3) is 6.08 Å². The summed E-state index contributed by atoms with van der Waals surface area (Å²) in [4.78, 5) is 18.1. The summed E-state index contributed by atoms with van der Waals surface area (Å²) >= 11 is 1.48. The molecule has 22 heavy (non-hydrogen) atoms. The fourth-order valence-electron chi connectivity index (χ4n) is 1.82. The summed E-state index contributed by atoms with van der Waals surface area (Å²) in [6, 6.07) is 8.94. The van der Waals surface area contributed by atoms with E-state index >= 15 is 0 Å². The summed E-state index contributed by atoms with van der Waals surface area (Å²) in [6.45, 7) is 0.860. The Labute approximate surface area is 133 Å². The van der Waals surface area contributed by atoms with E-state index in [0.717, 1.165) is 11.4 Å². The molecule has 0 N–H and O–H groups in total. The van der Waals surface area contributed by atoms with Gasteiger partial charge >= 0.3 is 0 Å². The Kier molecular flexibility index (Phi) is 5.83. The molecule has 112 valence electrons. The Bertz CT molecular complexity index is 672. The van der Waals surface area contributed by atoms with E-state index in [1.807, 2.05) is 5.38 Å². The third-order valence-electron chi connectivity index (χ3n) is 2.94. The summed E-state index contributed by atoms with van der Waals surface area (Å²) in [5.41, 5.74) is 3.75. The first-order valence-corrected chi connectivity index (χ1v) is 7.55. The third kappa shape index (κ3) is 4.25. The predicted octanol–water partition coefficient (Wildman–Crippen LogP) is 2.71. The van der Waals surface area contributed by atoms with Gasteiger partial charge in [-0.05, 0) is 30.3 Å². The average Bonchev–Trinajstić information content (AvgIpc) is 3.07. The zero-order chi connectivity index (χ0) is 15.8. The van der Waals surface area contributed by atoms with Gasteiger partial charge in [-0.2, -0.15) is 5.26 Å². The maximum atomic E-state index is 12.4. The number of hydrogen-bond donors (Lipinski definition) is 0. The molecule has 1 aromatic heterocycles. The lowest BCUT2D eigenvalue weighted by atomic mass is 10.2. The van der Waals surface area contributed by atoms with Crippen molar-refractivity contribution in [2.24, 2.45) is 0 Å². The number of thiazole rings is 1. The normalized spacial score (nSPS) is 10.5. The molecule has 2 rings (SSSR count). The lowest BCUT2D eigenvalue weighted by Crippen LogP contribution is -2.32. The van der Waals surface area contributed by atoms with Crippen LogP contribution in [0.2, 0.25) is 0 Å². The number of nitrogens with zero attached hydrogens (tertiary/aromatic N) is 3. The molecule has 0 aliphatic heterocycles. The van der Waals surface area contributed by atoms with Gasteiger partial charge in [-0.25, -0.2) is 4.98 Å². The van der Waals surface area contributed by atoms with Crippen LogP contribution in [0.1, 0.15) is 11.3 Å². The molecule has 0 radical (unpaired) electrons. The second-order valence-corrected chi connectivity index (χ2v) is 5.11. The molecule has 0 fully saturated rings. The number of carbonyl (C=O) groups excluding carboxylic acids is 1. The van der Waals surface area contributed by atoms with Crippen molar-refractivity contribution in [3.8, 4) is 6.07 Å². The van der Waals surface area contributed by atoms with Crippen molar-refractivity contribution in [3.05, 3.63) is 52.5 Å². The smallest absolute Gasteiger partial charge is 0.251 e. The number of nitriles is 1. The van der Waals surface area contributed by atoms with E-state index in [0.29, 0.717) is 18.7 Å². The Balaban J connectivity index is 2.17. The molecule has 0 aliphatic carbocycles. The minimum absolute atomic E-state index is 0.158. The van der Waals surface area contributed by atoms with E-state index in [1.54, 1.807) is 47.9 Å². The fourth-order valence-corrected chi connectivity index (χ4v) is 2.34. The van der Waals surface area contributed by atoms with E-state index < -0.39 is 0 Å². The number of aromatic nitrogens is 1. The van der Waals surface area contributed by atoms with Crippen molar-refractivity contribution in [2.75, 3.05) is 25.2 Å². The Morgan fingerprint density at radius 3 is 2.82 bits per heavy atom. The molecule has 0 saturated heterocycles. The van der Waals surface area contributed by atoms with Crippen molar-refractivity contribution < 1.29 is 9.53 Å². The van der Waals surface area contributed by atoms with Crippen LogP contribution in [0.4, 0.5) is 5.69 Å². The second-order valence-electron chi connectivity index (χ2n) is 4.39. The number of anilines is 1. The average molecular weight is 313 g/mol. The maximum Gasteiger partial charge on any atom is 0.251 e. The summed E-state index contributed by atoms with van der Waals surface area (Å²) in [6.07, 6.45) is 3.17. The zero-order valence-electron chi connectivity index (χ0n) is 12.1. The topological polar surface area (TPSA) is 66.2 Å². The van der Waals surface area contributed by atoms with E-state index in [4.69, 9.17) is 10.00 Å². The van der Waals surface area contributed by atoms with Gasteiger partial charge in [0, 0.05) is 30.8 Å². The highest BCUT2D eigenvalue weighted by Crippen LogP contribution is 2.16. The monoisotopic (exact) mass is 313 g/mol. The summed E-state index contributed by atoms with van der Waals surface area (Å²) < 4.78 is 5.06. The molecular weight excluding hydrogens is 298 g/mol. The molecule has 5 nitrogen and oxygen atoms in total. The van der Waals surface area contributed by atoms with E-state index in [-0.39, 0.29) is 5.91 Å². The Morgan fingerprint density at radius 2 is 2.23 bits per heavy atom. The molecule has 0 aliphatic rings. The minimum atomic E-state index is -0.158. The molecular formula is C16H15N3O2S. The first-order chi connectivity index (χ1) is 10.7. The van der Waals surface area contributed by atoms with E-state index in [2.05, 4.69) is 11.1 Å². The highest BCUT2D eigenvalue weighted by atomic mass is 32.1. The number of methoxy groups -OCH3 is 1. The predicted molar refractivity (Wildman–Crippen MR) is 86.5 cm³/mol. The fraction of sp³-hybridized carbons (Fsp3) is 0.188. The quantitative estimate of drug-likeness (QED) is 0.769. The molecule has 1 amide bonds. The van der Waals surface area contributed by atoms with Gasteiger partial charge in [-0.1, -0.05) is 0 Å². The SMILES string of the molecule is COCCN(C(=O)/C=C/c1cscn1)c1ccc(C#N)cc1. The lowest BCUT2D eigenvalue weighted by Gasteiger charge is -2.21. The van der Waals surface area contributed by atoms with Crippen molar-refractivity contribution in [1.82, 2.24) is 4.98 Å². The molecule has 2 aromatic rings. The standard InChI is InChI=1S/C16H15N3O2S/c1-21-9-8-19(15-5-2-13(10-17)3-6-15)16(20)7-4-14-11-22-12-18-14/h2-7,11-12H,8-9H2,1H3/b7-4+. The molecule has 1 aromatic carbocycles. The van der Waals surface area contributed by atoms with Crippen LogP contribution in [-0.2, 0) is 9.53 Å². The molecule has 1 heterocycles. The lowest BCUT2D eigenvalue weighted by molar-refractivity contribution is -0.114. The van der Waals surface area contributed by atoms with Gasteiger partial charge in [0.1, 0.15) is 0 Å². The molecule has 0 spiro atoms. The highest BCUT2D eigenvalue weighted by molar-refractivity contribution is 7.07. The number of rotatable bonds is 6.